The molecule has 1 amide bonds. The van der Waals surface area contributed by atoms with Crippen molar-refractivity contribution in [3.05, 3.63) is 83.9 Å². The van der Waals surface area contributed by atoms with Gasteiger partial charge in [-0.25, -0.2) is 4.39 Å². The van der Waals surface area contributed by atoms with Crippen LogP contribution in [0.4, 0.5) is 23.2 Å². The van der Waals surface area contributed by atoms with Crippen LogP contribution in [0.25, 0.3) is 0 Å². The minimum absolute atomic E-state index is 0.166. The first kappa shape index (κ1) is 18.4. The molecule has 0 aliphatic carbocycles. The molecule has 3 rings (SSSR count). The molecule has 0 saturated heterocycles. The SMILES string of the molecule is O=C(Nc1ccc(F)c(C(F)(F)F)c1)c1cccc(Oc2ccncc2)c1. The molecule has 138 valence electrons. The van der Waals surface area contributed by atoms with Crippen molar-refractivity contribution in [1.29, 1.82) is 0 Å². The molecule has 1 N–H and O–H groups in total. The number of alkyl halides is 3. The maximum absolute atomic E-state index is 13.3. The minimum Gasteiger partial charge on any atom is -0.457 e. The number of benzene rings is 2. The second-order valence-electron chi connectivity index (χ2n) is 5.46. The molecule has 0 aliphatic heterocycles. The largest absolute Gasteiger partial charge is 0.457 e. The third-order valence-corrected chi connectivity index (χ3v) is 3.51. The van der Waals surface area contributed by atoms with Crippen molar-refractivity contribution in [2.24, 2.45) is 0 Å². The third kappa shape index (κ3) is 4.60. The molecule has 2 aromatic carbocycles. The summed E-state index contributed by atoms with van der Waals surface area (Å²) in [6.45, 7) is 0. The Labute approximate surface area is 151 Å². The normalized spacial score (nSPS) is 11.1. The van der Waals surface area contributed by atoms with Gasteiger partial charge in [0.2, 0.25) is 0 Å². The number of ether oxygens (including phenoxy) is 1. The van der Waals surface area contributed by atoms with Crippen LogP contribution >= 0.6 is 0 Å². The fourth-order valence-corrected chi connectivity index (χ4v) is 2.27. The van der Waals surface area contributed by atoms with Crippen LogP contribution in [0.2, 0.25) is 0 Å². The lowest BCUT2D eigenvalue weighted by Crippen LogP contribution is -2.14. The second-order valence-corrected chi connectivity index (χ2v) is 5.46. The number of halogens is 4. The molecule has 0 aliphatic rings. The van der Waals surface area contributed by atoms with Gasteiger partial charge in [0, 0.05) is 23.6 Å². The molecule has 0 spiro atoms. The van der Waals surface area contributed by atoms with E-state index in [0.717, 1.165) is 6.07 Å². The zero-order valence-corrected chi connectivity index (χ0v) is 13.6. The van der Waals surface area contributed by atoms with E-state index in [-0.39, 0.29) is 11.3 Å². The van der Waals surface area contributed by atoms with E-state index in [9.17, 15) is 22.4 Å². The summed E-state index contributed by atoms with van der Waals surface area (Å²) in [5, 5.41) is 2.32. The quantitative estimate of drug-likeness (QED) is 0.630. The van der Waals surface area contributed by atoms with Gasteiger partial charge in [-0.2, -0.15) is 13.2 Å². The van der Waals surface area contributed by atoms with Crippen LogP contribution in [0, 0.1) is 5.82 Å². The summed E-state index contributed by atoms with van der Waals surface area (Å²) in [6.07, 6.45) is -1.78. The van der Waals surface area contributed by atoms with E-state index in [1.54, 1.807) is 36.7 Å². The van der Waals surface area contributed by atoms with Crippen molar-refractivity contribution in [1.82, 2.24) is 4.98 Å². The summed E-state index contributed by atoms with van der Waals surface area (Å²) in [4.78, 5) is 16.2. The lowest BCUT2D eigenvalue weighted by atomic mass is 10.1. The molecule has 27 heavy (non-hydrogen) atoms. The maximum Gasteiger partial charge on any atom is 0.419 e. The van der Waals surface area contributed by atoms with E-state index in [0.29, 0.717) is 23.6 Å². The molecule has 0 radical (unpaired) electrons. The molecule has 0 saturated carbocycles. The lowest BCUT2D eigenvalue weighted by molar-refractivity contribution is -0.139. The number of nitrogens with zero attached hydrogens (tertiary/aromatic N) is 1. The van der Waals surface area contributed by atoms with Crippen molar-refractivity contribution in [2.45, 2.75) is 6.18 Å². The number of hydrogen-bond donors (Lipinski definition) is 1. The molecule has 0 bridgehead atoms. The molecule has 4 nitrogen and oxygen atoms in total. The zero-order valence-electron chi connectivity index (χ0n) is 13.6. The van der Waals surface area contributed by atoms with E-state index in [1.807, 2.05) is 0 Å². The molecule has 0 fully saturated rings. The molecule has 3 aromatic rings. The van der Waals surface area contributed by atoms with Crippen molar-refractivity contribution in [2.75, 3.05) is 5.32 Å². The Balaban J connectivity index is 1.78. The highest BCUT2D eigenvalue weighted by atomic mass is 19.4. The minimum atomic E-state index is -4.86. The Morgan fingerprint density at radius 1 is 0.963 bits per heavy atom. The van der Waals surface area contributed by atoms with Crippen LogP contribution in [0.1, 0.15) is 15.9 Å². The van der Waals surface area contributed by atoms with Crippen LogP contribution in [-0.4, -0.2) is 10.9 Å². The molecule has 1 aromatic heterocycles. The Morgan fingerprint density at radius 3 is 2.41 bits per heavy atom. The average Bonchev–Trinajstić information content (AvgIpc) is 2.63. The number of aromatic nitrogens is 1. The summed E-state index contributed by atoms with van der Waals surface area (Å²) in [5.41, 5.74) is -1.45. The van der Waals surface area contributed by atoms with Crippen LogP contribution in [0.5, 0.6) is 11.5 Å². The van der Waals surface area contributed by atoms with Gasteiger partial charge in [-0.1, -0.05) is 6.07 Å². The van der Waals surface area contributed by atoms with Crippen LogP contribution in [0.15, 0.2) is 67.0 Å². The van der Waals surface area contributed by atoms with E-state index < -0.39 is 23.5 Å². The van der Waals surface area contributed by atoms with Gasteiger partial charge < -0.3 is 10.1 Å². The highest BCUT2D eigenvalue weighted by Crippen LogP contribution is 2.33. The van der Waals surface area contributed by atoms with E-state index >= 15 is 0 Å². The monoisotopic (exact) mass is 376 g/mol. The molecule has 1 heterocycles. The highest BCUT2D eigenvalue weighted by molar-refractivity contribution is 6.04. The lowest BCUT2D eigenvalue weighted by Gasteiger charge is -2.11. The average molecular weight is 376 g/mol. The Hall–Kier alpha value is -3.42. The second kappa shape index (κ2) is 7.45. The first-order valence-corrected chi connectivity index (χ1v) is 7.69. The molecular weight excluding hydrogens is 364 g/mol. The van der Waals surface area contributed by atoms with Crippen molar-refractivity contribution in [3.8, 4) is 11.5 Å². The van der Waals surface area contributed by atoms with Gasteiger partial charge in [0.15, 0.2) is 0 Å². The predicted molar refractivity (Wildman–Crippen MR) is 90.1 cm³/mol. The summed E-state index contributed by atoms with van der Waals surface area (Å²) < 4.78 is 57.2. The van der Waals surface area contributed by atoms with Crippen molar-refractivity contribution >= 4 is 11.6 Å². The van der Waals surface area contributed by atoms with Gasteiger partial charge in [0.25, 0.3) is 5.91 Å². The summed E-state index contributed by atoms with van der Waals surface area (Å²) >= 11 is 0. The Bertz CT molecular complexity index is 959. The Kier molecular flexibility index (Phi) is 5.07. The van der Waals surface area contributed by atoms with Gasteiger partial charge in [-0.3, -0.25) is 9.78 Å². The molecular formula is C19H12F4N2O2. The van der Waals surface area contributed by atoms with Gasteiger partial charge in [0.05, 0.1) is 5.56 Å². The van der Waals surface area contributed by atoms with E-state index in [4.69, 9.17) is 4.74 Å². The van der Waals surface area contributed by atoms with Gasteiger partial charge in [-0.15, -0.1) is 0 Å². The van der Waals surface area contributed by atoms with Crippen LogP contribution in [-0.2, 0) is 6.18 Å². The summed E-state index contributed by atoms with van der Waals surface area (Å²) in [5.74, 6) is -1.19. The number of anilines is 1. The standard InChI is InChI=1S/C19H12F4N2O2/c20-17-5-4-13(11-16(17)19(21,22)23)25-18(26)12-2-1-3-15(10-12)27-14-6-8-24-9-7-14/h1-11H,(H,25,26). The van der Waals surface area contributed by atoms with E-state index in [1.165, 1.54) is 12.1 Å². The molecule has 8 heteroatoms. The smallest absolute Gasteiger partial charge is 0.419 e. The van der Waals surface area contributed by atoms with Gasteiger partial charge in [0.1, 0.15) is 17.3 Å². The third-order valence-electron chi connectivity index (χ3n) is 3.51. The topological polar surface area (TPSA) is 51.2 Å². The predicted octanol–water partition coefficient (Wildman–Crippen LogP) is 5.28. The van der Waals surface area contributed by atoms with Gasteiger partial charge >= 0.3 is 6.18 Å². The summed E-state index contributed by atoms with van der Waals surface area (Å²) in [6, 6.07) is 11.6. The van der Waals surface area contributed by atoms with Gasteiger partial charge in [-0.05, 0) is 48.5 Å². The van der Waals surface area contributed by atoms with Crippen molar-refractivity contribution < 1.29 is 27.1 Å². The highest BCUT2D eigenvalue weighted by Gasteiger charge is 2.34. The first-order chi connectivity index (χ1) is 12.8. The fourth-order valence-electron chi connectivity index (χ4n) is 2.27. The summed E-state index contributed by atoms with van der Waals surface area (Å²) in [7, 11) is 0. The molecule has 0 unspecified atom stereocenters. The fraction of sp³-hybridized carbons (Fsp3) is 0.0526. The zero-order chi connectivity index (χ0) is 19.4. The number of amides is 1. The van der Waals surface area contributed by atoms with Crippen LogP contribution < -0.4 is 10.1 Å². The van der Waals surface area contributed by atoms with E-state index in [2.05, 4.69) is 10.3 Å². The van der Waals surface area contributed by atoms with Crippen LogP contribution in [0.3, 0.4) is 0 Å². The molecule has 0 atom stereocenters. The first-order valence-electron chi connectivity index (χ1n) is 7.69. The number of nitrogens with one attached hydrogen (secondary N) is 1. The maximum atomic E-state index is 13.3. The number of hydrogen-bond acceptors (Lipinski definition) is 3. The number of rotatable bonds is 4. The number of carbonyl (C=O) groups is 1. The van der Waals surface area contributed by atoms with Crippen molar-refractivity contribution in [3.63, 3.8) is 0 Å². The number of carbonyl (C=O) groups excluding carboxylic acids is 1. The number of pyridine rings is 1. The Morgan fingerprint density at radius 2 is 1.70 bits per heavy atom.